The number of amides is 2. The van der Waals surface area contributed by atoms with Crippen molar-refractivity contribution in [3.63, 3.8) is 0 Å². The van der Waals surface area contributed by atoms with E-state index in [2.05, 4.69) is 24.1 Å². The Morgan fingerprint density at radius 3 is 2.61 bits per heavy atom. The molecule has 0 bridgehead atoms. The second kappa shape index (κ2) is 7.32. The van der Waals surface area contributed by atoms with Gasteiger partial charge in [0.2, 0.25) is 0 Å². The first kappa shape index (κ1) is 16.3. The van der Waals surface area contributed by atoms with Gasteiger partial charge in [-0.05, 0) is 38.8 Å². The molecule has 2 heterocycles. The highest BCUT2D eigenvalue weighted by molar-refractivity contribution is 5.89. The lowest BCUT2D eigenvalue weighted by Crippen LogP contribution is -2.51. The first-order chi connectivity index (χ1) is 11.1. The van der Waals surface area contributed by atoms with E-state index in [1.54, 1.807) is 0 Å². The Labute approximate surface area is 138 Å². The number of nitrogens with one attached hydrogen (secondary N) is 1. The molecule has 23 heavy (non-hydrogen) atoms. The fraction of sp³-hybridized carbons (Fsp3) is 0.611. The number of carbonyl (C=O) groups is 1. The van der Waals surface area contributed by atoms with Crippen LogP contribution in [0.1, 0.15) is 26.7 Å². The van der Waals surface area contributed by atoms with Gasteiger partial charge in [0.05, 0.1) is 12.2 Å². The van der Waals surface area contributed by atoms with Crippen molar-refractivity contribution in [1.29, 1.82) is 0 Å². The molecule has 2 aliphatic heterocycles. The number of hydrogen-bond donors (Lipinski definition) is 1. The van der Waals surface area contributed by atoms with Crippen LogP contribution >= 0.6 is 0 Å². The van der Waals surface area contributed by atoms with E-state index in [1.165, 1.54) is 0 Å². The highest BCUT2D eigenvalue weighted by Gasteiger charge is 2.32. The summed E-state index contributed by atoms with van der Waals surface area (Å²) in [6.07, 6.45) is 2.71. The summed E-state index contributed by atoms with van der Waals surface area (Å²) in [4.78, 5) is 17.0. The molecule has 2 aliphatic rings. The fourth-order valence-electron chi connectivity index (χ4n) is 3.74. The Bertz CT molecular complexity index is 512. The number of carbonyl (C=O) groups excluding carboxylic acids is 1. The highest BCUT2D eigenvalue weighted by Crippen LogP contribution is 2.21. The molecular formula is C18H27N3O2. The van der Waals surface area contributed by atoms with Gasteiger partial charge in [0.25, 0.3) is 0 Å². The molecule has 2 saturated heterocycles. The normalized spacial score (nSPS) is 28.8. The van der Waals surface area contributed by atoms with E-state index >= 15 is 0 Å². The molecule has 0 aromatic heterocycles. The number of hydrogen-bond acceptors (Lipinski definition) is 3. The van der Waals surface area contributed by atoms with Crippen LogP contribution in [0.3, 0.4) is 0 Å². The lowest BCUT2D eigenvalue weighted by Gasteiger charge is -2.38. The molecule has 0 radical (unpaired) electrons. The Kier molecular flexibility index (Phi) is 5.18. The fourth-order valence-corrected chi connectivity index (χ4v) is 3.74. The maximum absolute atomic E-state index is 12.6. The van der Waals surface area contributed by atoms with Crippen LogP contribution in [0.2, 0.25) is 0 Å². The molecule has 2 amide bonds. The third kappa shape index (κ3) is 4.24. The van der Waals surface area contributed by atoms with E-state index < -0.39 is 0 Å². The SMILES string of the molecule is C[C@@H]1CN(C[C@@H]2CCCN2C(=O)Nc2ccccc2)C[C@@H](C)O1. The summed E-state index contributed by atoms with van der Waals surface area (Å²) in [7, 11) is 0. The van der Waals surface area contributed by atoms with Gasteiger partial charge in [-0.15, -0.1) is 0 Å². The maximum Gasteiger partial charge on any atom is 0.322 e. The van der Waals surface area contributed by atoms with E-state index in [9.17, 15) is 4.79 Å². The minimum atomic E-state index is 0.0213. The van der Waals surface area contributed by atoms with E-state index in [-0.39, 0.29) is 18.2 Å². The molecule has 1 N–H and O–H groups in total. The molecule has 126 valence electrons. The lowest BCUT2D eigenvalue weighted by atomic mass is 10.1. The van der Waals surface area contributed by atoms with Crippen molar-refractivity contribution in [3.8, 4) is 0 Å². The molecule has 5 heteroatoms. The average molecular weight is 317 g/mol. The van der Waals surface area contributed by atoms with Crippen LogP contribution in [0.5, 0.6) is 0 Å². The van der Waals surface area contributed by atoms with Crippen LogP contribution < -0.4 is 5.32 Å². The monoisotopic (exact) mass is 317 g/mol. The van der Waals surface area contributed by atoms with Crippen LogP contribution in [-0.2, 0) is 4.74 Å². The first-order valence-corrected chi connectivity index (χ1v) is 8.62. The number of urea groups is 1. The van der Waals surface area contributed by atoms with Gasteiger partial charge in [-0.2, -0.15) is 0 Å². The highest BCUT2D eigenvalue weighted by atomic mass is 16.5. The van der Waals surface area contributed by atoms with Crippen molar-refractivity contribution in [2.45, 2.75) is 44.9 Å². The van der Waals surface area contributed by atoms with Crippen LogP contribution in [0.25, 0.3) is 0 Å². The van der Waals surface area contributed by atoms with Crippen LogP contribution in [0.15, 0.2) is 30.3 Å². The smallest absolute Gasteiger partial charge is 0.322 e. The topological polar surface area (TPSA) is 44.8 Å². The van der Waals surface area contributed by atoms with E-state index in [0.29, 0.717) is 6.04 Å². The number of ether oxygens (including phenoxy) is 1. The Morgan fingerprint density at radius 1 is 1.22 bits per heavy atom. The minimum Gasteiger partial charge on any atom is -0.373 e. The summed E-state index contributed by atoms with van der Waals surface area (Å²) in [5.74, 6) is 0. The van der Waals surface area contributed by atoms with E-state index in [1.807, 2.05) is 35.2 Å². The van der Waals surface area contributed by atoms with Gasteiger partial charge < -0.3 is 15.0 Å². The number of anilines is 1. The first-order valence-electron chi connectivity index (χ1n) is 8.62. The van der Waals surface area contributed by atoms with Gasteiger partial charge in [-0.25, -0.2) is 4.79 Å². The Balaban J connectivity index is 1.58. The lowest BCUT2D eigenvalue weighted by molar-refractivity contribution is -0.0712. The van der Waals surface area contributed by atoms with Gasteiger partial charge in [0.15, 0.2) is 0 Å². The number of benzene rings is 1. The number of para-hydroxylation sites is 1. The third-order valence-electron chi connectivity index (χ3n) is 4.63. The zero-order chi connectivity index (χ0) is 16.2. The molecule has 0 spiro atoms. The quantitative estimate of drug-likeness (QED) is 0.932. The predicted molar refractivity (Wildman–Crippen MR) is 91.6 cm³/mol. The van der Waals surface area contributed by atoms with Gasteiger partial charge in [0, 0.05) is 37.9 Å². The number of likely N-dealkylation sites (tertiary alicyclic amines) is 1. The van der Waals surface area contributed by atoms with Gasteiger partial charge in [0.1, 0.15) is 0 Å². The molecule has 3 rings (SSSR count). The molecule has 1 aromatic carbocycles. The van der Waals surface area contributed by atoms with Crippen molar-refractivity contribution in [1.82, 2.24) is 9.80 Å². The zero-order valence-electron chi connectivity index (χ0n) is 14.1. The largest absolute Gasteiger partial charge is 0.373 e. The summed E-state index contributed by atoms with van der Waals surface area (Å²) in [5.41, 5.74) is 0.858. The molecule has 2 fully saturated rings. The van der Waals surface area contributed by atoms with Crippen molar-refractivity contribution < 1.29 is 9.53 Å². The summed E-state index contributed by atoms with van der Waals surface area (Å²) in [6.45, 7) is 7.94. The zero-order valence-corrected chi connectivity index (χ0v) is 14.1. The van der Waals surface area contributed by atoms with Crippen LogP contribution in [-0.4, -0.2) is 60.3 Å². The molecule has 0 saturated carbocycles. The maximum atomic E-state index is 12.6. The predicted octanol–water partition coefficient (Wildman–Crippen LogP) is 2.79. The van der Waals surface area contributed by atoms with Crippen molar-refractivity contribution in [3.05, 3.63) is 30.3 Å². The van der Waals surface area contributed by atoms with Crippen LogP contribution in [0, 0.1) is 0 Å². The molecular weight excluding hydrogens is 290 g/mol. The molecule has 3 atom stereocenters. The molecule has 5 nitrogen and oxygen atoms in total. The minimum absolute atomic E-state index is 0.0213. The van der Waals surface area contributed by atoms with Crippen molar-refractivity contribution >= 4 is 11.7 Å². The number of nitrogens with zero attached hydrogens (tertiary/aromatic N) is 2. The summed E-state index contributed by atoms with van der Waals surface area (Å²) < 4.78 is 5.80. The van der Waals surface area contributed by atoms with E-state index in [4.69, 9.17) is 4.74 Å². The molecule has 1 aromatic rings. The summed E-state index contributed by atoms with van der Waals surface area (Å²) in [5, 5.41) is 3.01. The summed E-state index contributed by atoms with van der Waals surface area (Å²) >= 11 is 0. The molecule has 0 unspecified atom stereocenters. The number of morpholine rings is 1. The Hall–Kier alpha value is -1.59. The Morgan fingerprint density at radius 2 is 1.91 bits per heavy atom. The van der Waals surface area contributed by atoms with E-state index in [0.717, 1.165) is 44.7 Å². The second-order valence-corrected chi connectivity index (χ2v) is 6.76. The standard InChI is InChI=1S/C18H27N3O2/c1-14-11-20(12-15(2)23-14)13-17-9-6-10-21(17)18(22)19-16-7-4-3-5-8-16/h3-5,7-8,14-15,17H,6,9-13H2,1-2H3,(H,19,22)/t14-,15-,17+/m1/s1. The summed E-state index contributed by atoms with van der Waals surface area (Å²) in [6, 6.07) is 10.0. The van der Waals surface area contributed by atoms with Crippen molar-refractivity contribution in [2.75, 3.05) is 31.5 Å². The molecule has 0 aliphatic carbocycles. The van der Waals surface area contributed by atoms with Gasteiger partial charge in [-0.3, -0.25) is 4.90 Å². The van der Waals surface area contributed by atoms with Gasteiger partial charge >= 0.3 is 6.03 Å². The third-order valence-corrected chi connectivity index (χ3v) is 4.63. The second-order valence-electron chi connectivity index (χ2n) is 6.76. The number of rotatable bonds is 3. The average Bonchev–Trinajstić information content (AvgIpc) is 2.95. The van der Waals surface area contributed by atoms with Gasteiger partial charge in [-0.1, -0.05) is 18.2 Å². The van der Waals surface area contributed by atoms with Crippen LogP contribution in [0.4, 0.5) is 10.5 Å². The van der Waals surface area contributed by atoms with Crippen molar-refractivity contribution in [2.24, 2.45) is 0 Å².